The third-order valence-corrected chi connectivity index (χ3v) is 5.64. The van der Waals surface area contributed by atoms with Gasteiger partial charge in [0.15, 0.2) is 5.43 Å². The summed E-state index contributed by atoms with van der Waals surface area (Å²) in [5.41, 5.74) is -0.791. The summed E-state index contributed by atoms with van der Waals surface area (Å²) >= 11 is 4.78. The Bertz CT molecular complexity index is 1480. The standard InChI is InChI=1S/C24H19ClF2N4O4/c1-13-11-34-12-21-30-20-9-14(8-18(22(20)31(13)21)19-10-16(32)6-7-28-19)23(33)29-15-2-4-17(5-3-15)35-24(25,26)27/h2-10,13H,11-12H2,1H3,(H,28,32)(H,29,33). The van der Waals surface area contributed by atoms with Gasteiger partial charge in [-0.3, -0.25) is 9.59 Å². The number of carbonyl (C=O) groups excluding carboxylic acids is 1. The Morgan fingerprint density at radius 3 is 2.74 bits per heavy atom. The monoisotopic (exact) mass is 500 g/mol. The minimum atomic E-state index is -3.83. The highest BCUT2D eigenvalue weighted by atomic mass is 35.5. The number of ether oxygens (including phenoxy) is 2. The minimum absolute atomic E-state index is 0.0127. The van der Waals surface area contributed by atoms with Gasteiger partial charge in [-0.05, 0) is 43.3 Å². The van der Waals surface area contributed by atoms with Gasteiger partial charge in [-0.25, -0.2) is 4.98 Å². The van der Waals surface area contributed by atoms with E-state index in [2.05, 4.69) is 24.6 Å². The third-order valence-electron chi connectivity index (χ3n) is 5.56. The fourth-order valence-electron chi connectivity index (χ4n) is 4.13. The highest BCUT2D eigenvalue weighted by molar-refractivity contribution is 6.20. The van der Waals surface area contributed by atoms with Crippen molar-refractivity contribution >= 4 is 34.2 Å². The molecule has 5 rings (SSSR count). The Balaban J connectivity index is 1.54. The Hall–Kier alpha value is -3.76. The zero-order valence-electron chi connectivity index (χ0n) is 18.3. The van der Waals surface area contributed by atoms with Gasteiger partial charge in [0.1, 0.15) is 18.2 Å². The minimum Gasteiger partial charge on any atom is -0.420 e. The molecule has 2 N–H and O–H groups in total. The molecule has 1 aliphatic heterocycles. The second-order valence-corrected chi connectivity index (χ2v) is 8.56. The zero-order chi connectivity index (χ0) is 24.7. The molecule has 1 amide bonds. The molecular formula is C24H19ClF2N4O4. The van der Waals surface area contributed by atoms with Crippen LogP contribution in [0.1, 0.15) is 29.1 Å². The molecule has 3 heterocycles. The van der Waals surface area contributed by atoms with Crippen molar-refractivity contribution in [2.45, 2.75) is 25.1 Å². The number of hydrogen-bond donors (Lipinski definition) is 2. The number of aromatic amines is 1. The summed E-state index contributed by atoms with van der Waals surface area (Å²) in [7, 11) is 0. The van der Waals surface area contributed by atoms with Crippen molar-refractivity contribution in [1.82, 2.24) is 14.5 Å². The molecule has 0 radical (unpaired) electrons. The van der Waals surface area contributed by atoms with Crippen LogP contribution in [0.5, 0.6) is 5.75 Å². The van der Waals surface area contributed by atoms with Crippen LogP contribution in [0.2, 0.25) is 0 Å². The number of nitrogens with zero attached hydrogens (tertiary/aromatic N) is 2. The van der Waals surface area contributed by atoms with E-state index in [1.807, 2.05) is 6.92 Å². The number of aromatic nitrogens is 3. The van der Waals surface area contributed by atoms with Crippen molar-refractivity contribution in [1.29, 1.82) is 0 Å². The Kier molecular flexibility index (Phi) is 5.78. The van der Waals surface area contributed by atoms with Crippen molar-refractivity contribution in [3.8, 4) is 17.0 Å². The average Bonchev–Trinajstić information content (AvgIpc) is 3.18. The SMILES string of the molecule is CC1COCc2nc3cc(C(=O)Nc4ccc(OC(F)(F)Cl)cc4)cc(-c4cc(=O)cc[nH]4)c3n21. The van der Waals surface area contributed by atoms with Crippen molar-refractivity contribution < 1.29 is 23.0 Å². The number of fused-ring (bicyclic) bond motifs is 3. The van der Waals surface area contributed by atoms with Gasteiger partial charge in [-0.2, -0.15) is 0 Å². The number of H-pyrrole nitrogens is 1. The van der Waals surface area contributed by atoms with Crippen LogP contribution in [-0.4, -0.2) is 32.6 Å². The number of imidazole rings is 1. The van der Waals surface area contributed by atoms with Crippen LogP contribution >= 0.6 is 11.6 Å². The lowest BCUT2D eigenvalue weighted by Crippen LogP contribution is -2.21. The second kappa shape index (κ2) is 8.79. The molecule has 0 spiro atoms. The van der Waals surface area contributed by atoms with E-state index < -0.39 is 11.5 Å². The normalized spacial score (nSPS) is 15.6. The summed E-state index contributed by atoms with van der Waals surface area (Å²) in [5.74, 6) is 0.125. The molecule has 0 aliphatic carbocycles. The van der Waals surface area contributed by atoms with Gasteiger partial charge in [-0.1, -0.05) is 0 Å². The lowest BCUT2D eigenvalue weighted by atomic mass is 10.0. The van der Waals surface area contributed by atoms with Gasteiger partial charge in [0.25, 0.3) is 5.91 Å². The lowest BCUT2D eigenvalue weighted by molar-refractivity contribution is -0.0964. The summed E-state index contributed by atoms with van der Waals surface area (Å²) in [6, 6.07) is 11.6. The molecular weight excluding hydrogens is 482 g/mol. The number of anilines is 1. The van der Waals surface area contributed by atoms with Crippen LogP contribution in [0.25, 0.3) is 22.3 Å². The molecule has 1 aliphatic rings. The summed E-state index contributed by atoms with van der Waals surface area (Å²) in [4.78, 5) is 32.9. The van der Waals surface area contributed by atoms with Gasteiger partial charge in [0.05, 0.1) is 29.4 Å². The topological polar surface area (TPSA) is 98.2 Å². The Labute approximate surface area is 202 Å². The van der Waals surface area contributed by atoms with Crippen molar-refractivity contribution in [2.75, 3.05) is 11.9 Å². The molecule has 2 aromatic carbocycles. The van der Waals surface area contributed by atoms with Gasteiger partial charge < -0.3 is 24.3 Å². The number of pyridine rings is 1. The number of rotatable bonds is 5. The van der Waals surface area contributed by atoms with E-state index in [0.717, 1.165) is 11.3 Å². The number of alkyl halides is 3. The molecule has 180 valence electrons. The van der Waals surface area contributed by atoms with Crippen LogP contribution in [0.4, 0.5) is 14.5 Å². The first-order valence-corrected chi connectivity index (χ1v) is 11.0. The molecule has 1 unspecified atom stereocenters. The fraction of sp³-hybridized carbons (Fsp3) is 0.208. The van der Waals surface area contributed by atoms with Crippen LogP contribution in [-0.2, 0) is 11.3 Å². The summed E-state index contributed by atoms with van der Waals surface area (Å²) in [5, 5.41) is 2.73. The first-order valence-electron chi connectivity index (χ1n) is 10.7. The van der Waals surface area contributed by atoms with Gasteiger partial charge in [0, 0.05) is 46.7 Å². The van der Waals surface area contributed by atoms with E-state index in [1.54, 1.807) is 18.3 Å². The van der Waals surface area contributed by atoms with E-state index in [0.29, 0.717) is 41.2 Å². The molecule has 11 heteroatoms. The number of hydrogen-bond acceptors (Lipinski definition) is 5. The highest BCUT2D eigenvalue weighted by Gasteiger charge is 2.28. The van der Waals surface area contributed by atoms with Crippen molar-refractivity contribution in [2.24, 2.45) is 0 Å². The first kappa shape index (κ1) is 23.0. The quantitative estimate of drug-likeness (QED) is 0.380. The number of benzene rings is 2. The van der Waals surface area contributed by atoms with Gasteiger partial charge in [0.2, 0.25) is 0 Å². The van der Waals surface area contributed by atoms with Crippen LogP contribution in [0.3, 0.4) is 0 Å². The number of amides is 1. The molecule has 0 saturated carbocycles. The predicted molar refractivity (Wildman–Crippen MR) is 126 cm³/mol. The smallest absolute Gasteiger partial charge is 0.420 e. The summed E-state index contributed by atoms with van der Waals surface area (Å²) in [6.45, 7) is 2.86. The lowest BCUT2D eigenvalue weighted by Gasteiger charge is -2.23. The molecule has 0 fully saturated rings. The maximum atomic E-state index is 13.1. The van der Waals surface area contributed by atoms with Gasteiger partial charge in [-0.15, -0.1) is 8.78 Å². The van der Waals surface area contributed by atoms with Crippen LogP contribution in [0, 0.1) is 0 Å². The highest BCUT2D eigenvalue weighted by Crippen LogP contribution is 2.34. The Morgan fingerprint density at radius 2 is 2.03 bits per heavy atom. The van der Waals surface area contributed by atoms with E-state index in [1.165, 1.54) is 36.4 Å². The first-order chi connectivity index (χ1) is 16.7. The van der Waals surface area contributed by atoms with Crippen LogP contribution < -0.4 is 15.5 Å². The molecule has 35 heavy (non-hydrogen) atoms. The maximum absolute atomic E-state index is 13.1. The largest absolute Gasteiger partial charge is 0.487 e. The maximum Gasteiger partial charge on any atom is 0.487 e. The molecule has 0 saturated heterocycles. The third kappa shape index (κ3) is 4.75. The molecule has 4 aromatic rings. The Morgan fingerprint density at radius 1 is 1.26 bits per heavy atom. The van der Waals surface area contributed by atoms with E-state index in [-0.39, 0.29) is 17.2 Å². The summed E-state index contributed by atoms with van der Waals surface area (Å²) in [6.07, 6.45) is 1.55. The molecule has 1 atom stereocenters. The predicted octanol–water partition coefficient (Wildman–Crippen LogP) is 4.90. The summed E-state index contributed by atoms with van der Waals surface area (Å²) < 4.78 is 37.6. The number of nitrogens with one attached hydrogen (secondary N) is 2. The van der Waals surface area contributed by atoms with Crippen molar-refractivity contribution in [3.63, 3.8) is 0 Å². The van der Waals surface area contributed by atoms with E-state index >= 15 is 0 Å². The average molecular weight is 501 g/mol. The van der Waals surface area contributed by atoms with Crippen LogP contribution in [0.15, 0.2) is 59.5 Å². The number of carbonyl (C=O) groups is 1. The van der Waals surface area contributed by atoms with E-state index in [4.69, 9.17) is 16.3 Å². The van der Waals surface area contributed by atoms with E-state index in [9.17, 15) is 18.4 Å². The second-order valence-electron chi connectivity index (χ2n) is 8.12. The van der Waals surface area contributed by atoms with Gasteiger partial charge >= 0.3 is 5.57 Å². The fourth-order valence-corrected chi connectivity index (χ4v) is 4.22. The number of halogens is 3. The van der Waals surface area contributed by atoms with Crippen molar-refractivity contribution in [3.05, 3.63) is 76.3 Å². The molecule has 2 aromatic heterocycles. The molecule has 8 nitrogen and oxygen atoms in total. The zero-order valence-corrected chi connectivity index (χ0v) is 19.1. The molecule has 0 bridgehead atoms.